The first-order valence-electron chi connectivity index (χ1n) is 9.05. The lowest BCUT2D eigenvalue weighted by Crippen LogP contribution is -2.44. The minimum atomic E-state index is 0. The molecule has 128 valence electrons. The van der Waals surface area contributed by atoms with Gasteiger partial charge < -0.3 is 10.2 Å². The summed E-state index contributed by atoms with van der Waals surface area (Å²) >= 11 is 0. The number of aliphatic imine (C=N–C) groups is 1. The van der Waals surface area contributed by atoms with Crippen LogP contribution in [-0.4, -0.2) is 61.1 Å². The second-order valence-corrected chi connectivity index (χ2v) is 7.15. The monoisotopic (exact) mass is 420 g/mol. The first kappa shape index (κ1) is 18.3. The number of nitrogens with one attached hydrogen (secondary N) is 1. The summed E-state index contributed by atoms with van der Waals surface area (Å²) in [5, 5.41) is 3.50. The Morgan fingerprint density at radius 1 is 1.18 bits per heavy atom. The molecule has 3 atom stereocenters. The summed E-state index contributed by atoms with van der Waals surface area (Å²) in [5.41, 5.74) is 0. The molecule has 2 saturated heterocycles. The van der Waals surface area contributed by atoms with E-state index < -0.39 is 0 Å². The highest BCUT2D eigenvalue weighted by Crippen LogP contribution is 2.37. The maximum Gasteiger partial charge on any atom is 0.193 e. The molecule has 1 saturated carbocycles. The molecule has 0 amide bonds. The van der Waals surface area contributed by atoms with Gasteiger partial charge in [0.05, 0.1) is 0 Å². The van der Waals surface area contributed by atoms with Crippen molar-refractivity contribution in [1.29, 1.82) is 0 Å². The van der Waals surface area contributed by atoms with E-state index in [1.165, 1.54) is 58.3 Å². The smallest absolute Gasteiger partial charge is 0.193 e. The average molecular weight is 420 g/mol. The highest BCUT2D eigenvalue weighted by molar-refractivity contribution is 14.0. The third kappa shape index (κ3) is 4.73. The molecule has 3 rings (SSSR count). The maximum atomic E-state index is 4.90. The molecule has 0 aromatic heterocycles. The summed E-state index contributed by atoms with van der Waals surface area (Å²) in [4.78, 5) is 10.1. The molecule has 2 aliphatic heterocycles. The van der Waals surface area contributed by atoms with E-state index in [0.29, 0.717) is 0 Å². The fourth-order valence-electron chi connectivity index (χ4n) is 3.80. The van der Waals surface area contributed by atoms with E-state index in [-0.39, 0.29) is 24.0 Å². The Bertz CT molecular complexity index is 368. The first-order valence-corrected chi connectivity index (χ1v) is 9.05. The van der Waals surface area contributed by atoms with Gasteiger partial charge in [0.2, 0.25) is 0 Å². The number of nitrogens with zero attached hydrogens (tertiary/aromatic N) is 3. The molecule has 1 N–H and O–H groups in total. The van der Waals surface area contributed by atoms with Gasteiger partial charge in [0, 0.05) is 32.2 Å². The highest BCUT2D eigenvalue weighted by atomic mass is 127. The van der Waals surface area contributed by atoms with Gasteiger partial charge >= 0.3 is 0 Å². The summed E-state index contributed by atoms with van der Waals surface area (Å²) < 4.78 is 0. The van der Waals surface area contributed by atoms with Gasteiger partial charge in [-0.25, -0.2) is 0 Å². The van der Waals surface area contributed by atoms with Crippen LogP contribution < -0.4 is 5.32 Å². The van der Waals surface area contributed by atoms with Crippen molar-refractivity contribution in [1.82, 2.24) is 15.1 Å². The fourth-order valence-corrected chi connectivity index (χ4v) is 3.80. The predicted molar refractivity (Wildman–Crippen MR) is 104 cm³/mol. The normalized spacial score (nSPS) is 32.7. The summed E-state index contributed by atoms with van der Waals surface area (Å²) in [6, 6.07) is 0.758. The van der Waals surface area contributed by atoms with Crippen LogP contribution in [0.15, 0.2) is 4.99 Å². The second kappa shape index (κ2) is 8.71. The lowest BCUT2D eigenvalue weighted by atomic mass is 10.1. The molecule has 22 heavy (non-hydrogen) atoms. The molecular formula is C17H33IN4. The van der Waals surface area contributed by atoms with Gasteiger partial charge in [-0.1, -0.05) is 13.3 Å². The SMILES string of the molecule is CCNC(=NCC1CC1C)N1CCC(N2CCCCC2)C1.I. The van der Waals surface area contributed by atoms with Crippen LogP contribution in [0.5, 0.6) is 0 Å². The van der Waals surface area contributed by atoms with Crippen molar-refractivity contribution in [2.75, 3.05) is 39.3 Å². The Hall–Kier alpha value is -0.0400. The number of hydrogen-bond donors (Lipinski definition) is 1. The Balaban J connectivity index is 0.00000176. The topological polar surface area (TPSA) is 30.9 Å². The maximum absolute atomic E-state index is 4.90. The molecule has 0 spiro atoms. The Morgan fingerprint density at radius 3 is 2.55 bits per heavy atom. The summed E-state index contributed by atoms with van der Waals surface area (Å²) in [6.45, 7) is 11.5. The molecule has 3 unspecified atom stereocenters. The van der Waals surface area contributed by atoms with Crippen molar-refractivity contribution in [3.05, 3.63) is 0 Å². The van der Waals surface area contributed by atoms with Gasteiger partial charge in [0.25, 0.3) is 0 Å². The number of guanidine groups is 1. The van der Waals surface area contributed by atoms with E-state index in [0.717, 1.165) is 36.9 Å². The van der Waals surface area contributed by atoms with Crippen LogP contribution >= 0.6 is 24.0 Å². The Morgan fingerprint density at radius 2 is 1.91 bits per heavy atom. The van der Waals surface area contributed by atoms with Crippen LogP contribution in [0.2, 0.25) is 0 Å². The summed E-state index contributed by atoms with van der Waals surface area (Å²) in [7, 11) is 0. The molecule has 0 bridgehead atoms. The van der Waals surface area contributed by atoms with Crippen molar-refractivity contribution in [2.45, 2.75) is 52.0 Å². The number of rotatable bonds is 4. The van der Waals surface area contributed by atoms with Crippen molar-refractivity contribution in [2.24, 2.45) is 16.8 Å². The van der Waals surface area contributed by atoms with E-state index in [4.69, 9.17) is 4.99 Å². The highest BCUT2D eigenvalue weighted by Gasteiger charge is 2.33. The molecule has 0 aromatic rings. The van der Waals surface area contributed by atoms with Crippen molar-refractivity contribution >= 4 is 29.9 Å². The molecule has 0 radical (unpaired) electrons. The lowest BCUT2D eigenvalue weighted by Gasteiger charge is -2.32. The van der Waals surface area contributed by atoms with Gasteiger partial charge in [0.1, 0.15) is 0 Å². The van der Waals surface area contributed by atoms with Gasteiger partial charge in [-0.05, 0) is 57.5 Å². The lowest BCUT2D eigenvalue weighted by molar-refractivity contribution is 0.168. The van der Waals surface area contributed by atoms with Crippen LogP contribution in [0.4, 0.5) is 0 Å². The average Bonchev–Trinajstić information content (AvgIpc) is 3.02. The van der Waals surface area contributed by atoms with Gasteiger partial charge in [-0.2, -0.15) is 0 Å². The third-order valence-electron chi connectivity index (χ3n) is 5.46. The zero-order chi connectivity index (χ0) is 14.7. The van der Waals surface area contributed by atoms with E-state index in [2.05, 4.69) is 29.0 Å². The second-order valence-electron chi connectivity index (χ2n) is 7.15. The van der Waals surface area contributed by atoms with E-state index in [1.54, 1.807) is 0 Å². The van der Waals surface area contributed by atoms with Gasteiger partial charge in [-0.3, -0.25) is 9.89 Å². The first-order chi connectivity index (χ1) is 10.3. The number of hydrogen-bond acceptors (Lipinski definition) is 2. The molecule has 5 heteroatoms. The van der Waals surface area contributed by atoms with Crippen LogP contribution in [0.1, 0.15) is 46.0 Å². The van der Waals surface area contributed by atoms with E-state index >= 15 is 0 Å². The van der Waals surface area contributed by atoms with Crippen molar-refractivity contribution in [3.63, 3.8) is 0 Å². The Labute approximate surface area is 153 Å². The zero-order valence-electron chi connectivity index (χ0n) is 14.3. The van der Waals surface area contributed by atoms with Crippen molar-refractivity contribution in [3.8, 4) is 0 Å². The number of halogens is 1. The quantitative estimate of drug-likeness (QED) is 0.431. The van der Waals surface area contributed by atoms with Crippen LogP contribution in [0.25, 0.3) is 0 Å². The Kier molecular flexibility index (Phi) is 7.25. The summed E-state index contributed by atoms with van der Waals surface area (Å²) in [5.74, 6) is 2.91. The standard InChI is InChI=1S/C17H32N4.HI/c1-3-18-17(19-12-15-11-14(15)2)21-10-7-16(13-21)20-8-5-4-6-9-20;/h14-16H,3-13H2,1-2H3,(H,18,19);1H. The molecule has 1 aliphatic carbocycles. The minimum absolute atomic E-state index is 0. The number of likely N-dealkylation sites (tertiary alicyclic amines) is 2. The molecule has 3 fully saturated rings. The largest absolute Gasteiger partial charge is 0.357 e. The van der Waals surface area contributed by atoms with Crippen LogP contribution in [0, 0.1) is 11.8 Å². The molecule has 2 heterocycles. The van der Waals surface area contributed by atoms with Crippen molar-refractivity contribution < 1.29 is 0 Å². The molecule has 4 nitrogen and oxygen atoms in total. The van der Waals surface area contributed by atoms with Crippen LogP contribution in [-0.2, 0) is 0 Å². The van der Waals surface area contributed by atoms with Crippen LogP contribution in [0.3, 0.4) is 0 Å². The fraction of sp³-hybridized carbons (Fsp3) is 0.941. The molecule has 3 aliphatic rings. The summed E-state index contributed by atoms with van der Waals surface area (Å²) in [6.07, 6.45) is 6.90. The minimum Gasteiger partial charge on any atom is -0.357 e. The molecular weight excluding hydrogens is 387 g/mol. The third-order valence-corrected chi connectivity index (χ3v) is 5.46. The van der Waals surface area contributed by atoms with E-state index in [9.17, 15) is 0 Å². The molecule has 0 aromatic carbocycles. The van der Waals surface area contributed by atoms with E-state index in [1.807, 2.05) is 0 Å². The number of piperidine rings is 1. The predicted octanol–water partition coefficient (Wildman–Crippen LogP) is 2.79. The van der Waals surface area contributed by atoms with Gasteiger partial charge in [-0.15, -0.1) is 24.0 Å². The zero-order valence-corrected chi connectivity index (χ0v) is 16.6. The van der Waals surface area contributed by atoms with Gasteiger partial charge in [0.15, 0.2) is 5.96 Å².